The largest absolute Gasteiger partial charge is 0.465 e. The lowest BCUT2D eigenvalue weighted by atomic mass is 9.88. The zero-order chi connectivity index (χ0) is 19.4. The fourth-order valence-electron chi connectivity index (χ4n) is 3.77. The molecule has 26 heavy (non-hydrogen) atoms. The summed E-state index contributed by atoms with van der Waals surface area (Å²) in [7, 11) is -5.98. The normalized spacial score (nSPS) is 33.7. The zero-order valence-electron chi connectivity index (χ0n) is 13.5. The Morgan fingerprint density at radius 2 is 2.04 bits per heavy atom. The maximum Gasteiger partial charge on any atom is 0.465 e. The lowest BCUT2D eigenvalue weighted by molar-refractivity contribution is -0.172. The van der Waals surface area contributed by atoms with Crippen LogP contribution < -0.4 is 0 Å². The molecule has 146 valence electrons. The number of carbonyl (C=O) groups excluding carboxylic acids is 3. The predicted molar refractivity (Wildman–Crippen MR) is 76.1 cm³/mol. The number of hydrogen-bond acceptors (Lipinski definition) is 8. The molecule has 0 aromatic heterocycles. The molecular formula is C14H16F2O9S. The molecule has 3 fully saturated rings. The standard InChI is InChI=1S/C14H16F2O9S/c1-5(4-23-13(19)14(15,16)26(20,21)22)11(17)24-9-6-2-7-8(3-6)12(18)25-10(7)9/h5-10H,2-4H2,1H3,(H,20,21,22). The molecule has 2 saturated carbocycles. The van der Waals surface area contributed by atoms with Crippen molar-refractivity contribution in [2.75, 3.05) is 6.61 Å². The van der Waals surface area contributed by atoms with Crippen LogP contribution in [-0.2, 0) is 38.7 Å². The fourth-order valence-corrected chi connectivity index (χ4v) is 4.04. The highest BCUT2D eigenvalue weighted by molar-refractivity contribution is 7.87. The molecule has 3 rings (SSSR count). The van der Waals surface area contributed by atoms with Gasteiger partial charge in [0, 0.05) is 11.8 Å². The highest BCUT2D eigenvalue weighted by atomic mass is 32.2. The molecule has 1 N–H and O–H groups in total. The summed E-state index contributed by atoms with van der Waals surface area (Å²) in [6.07, 6.45) is 0.103. The minimum atomic E-state index is -5.98. The van der Waals surface area contributed by atoms with Crippen LogP contribution in [0, 0.1) is 23.7 Å². The molecular weight excluding hydrogens is 382 g/mol. The van der Waals surface area contributed by atoms with Gasteiger partial charge < -0.3 is 14.2 Å². The smallest absolute Gasteiger partial charge is 0.459 e. The lowest BCUT2D eigenvalue weighted by Crippen LogP contribution is -2.41. The molecule has 6 unspecified atom stereocenters. The second-order valence-electron chi connectivity index (χ2n) is 6.80. The minimum Gasteiger partial charge on any atom is -0.459 e. The van der Waals surface area contributed by atoms with Crippen LogP contribution in [0.5, 0.6) is 0 Å². The van der Waals surface area contributed by atoms with Crippen LogP contribution in [0.1, 0.15) is 19.8 Å². The quantitative estimate of drug-likeness (QED) is 0.377. The van der Waals surface area contributed by atoms with Crippen molar-refractivity contribution >= 4 is 28.0 Å². The van der Waals surface area contributed by atoms with Crippen molar-refractivity contribution in [3.05, 3.63) is 0 Å². The summed E-state index contributed by atoms with van der Waals surface area (Å²) in [5.74, 6) is -5.01. The van der Waals surface area contributed by atoms with Gasteiger partial charge in [0.15, 0.2) is 0 Å². The van der Waals surface area contributed by atoms with Crippen molar-refractivity contribution in [2.24, 2.45) is 23.7 Å². The van der Waals surface area contributed by atoms with Crippen LogP contribution in [0.15, 0.2) is 0 Å². The van der Waals surface area contributed by atoms with Crippen LogP contribution in [0.25, 0.3) is 0 Å². The van der Waals surface area contributed by atoms with Crippen molar-refractivity contribution in [3.8, 4) is 0 Å². The van der Waals surface area contributed by atoms with Gasteiger partial charge in [0.25, 0.3) is 0 Å². The average Bonchev–Trinajstić information content (AvgIpc) is 3.15. The molecule has 0 aromatic carbocycles. The van der Waals surface area contributed by atoms with Crippen LogP contribution in [-0.4, -0.2) is 54.9 Å². The van der Waals surface area contributed by atoms with Gasteiger partial charge in [-0.1, -0.05) is 0 Å². The number of hydrogen-bond donors (Lipinski definition) is 1. The first-order chi connectivity index (χ1) is 11.9. The summed E-state index contributed by atoms with van der Waals surface area (Å²) >= 11 is 0. The lowest BCUT2D eigenvalue weighted by Gasteiger charge is -2.26. The molecule has 1 heterocycles. The second kappa shape index (κ2) is 6.12. The van der Waals surface area contributed by atoms with E-state index in [1.807, 2.05) is 0 Å². The van der Waals surface area contributed by atoms with Gasteiger partial charge >= 0.3 is 33.3 Å². The van der Waals surface area contributed by atoms with E-state index in [0.29, 0.717) is 12.8 Å². The molecule has 2 bridgehead atoms. The maximum absolute atomic E-state index is 13.1. The Morgan fingerprint density at radius 1 is 1.38 bits per heavy atom. The first kappa shape index (κ1) is 19.0. The van der Waals surface area contributed by atoms with E-state index in [4.69, 9.17) is 14.0 Å². The Bertz CT molecular complexity index is 750. The highest BCUT2D eigenvalue weighted by Crippen LogP contribution is 2.55. The third kappa shape index (κ3) is 2.94. The average molecular weight is 398 g/mol. The third-order valence-electron chi connectivity index (χ3n) is 5.09. The summed E-state index contributed by atoms with van der Waals surface area (Å²) in [6.45, 7) is 0.370. The van der Waals surface area contributed by atoms with E-state index in [1.165, 1.54) is 6.92 Å². The second-order valence-corrected chi connectivity index (χ2v) is 8.26. The van der Waals surface area contributed by atoms with Gasteiger partial charge in [0.2, 0.25) is 0 Å². The van der Waals surface area contributed by atoms with Crippen LogP contribution in [0.2, 0.25) is 0 Å². The van der Waals surface area contributed by atoms with Gasteiger partial charge in [-0.3, -0.25) is 14.1 Å². The summed E-state index contributed by atoms with van der Waals surface area (Å²) in [5, 5.41) is -5.13. The Balaban J connectivity index is 1.53. The molecule has 0 amide bonds. The van der Waals surface area contributed by atoms with Crippen molar-refractivity contribution in [2.45, 2.75) is 37.2 Å². The van der Waals surface area contributed by atoms with Crippen molar-refractivity contribution in [1.29, 1.82) is 0 Å². The molecule has 9 nitrogen and oxygen atoms in total. The fraction of sp³-hybridized carbons (Fsp3) is 0.786. The molecule has 12 heteroatoms. The van der Waals surface area contributed by atoms with E-state index < -0.39 is 52.0 Å². The van der Waals surface area contributed by atoms with Crippen molar-refractivity contribution in [1.82, 2.24) is 0 Å². The van der Waals surface area contributed by atoms with Gasteiger partial charge in [0.05, 0.1) is 11.8 Å². The first-order valence-corrected chi connectivity index (χ1v) is 9.30. The molecule has 0 radical (unpaired) electrons. The minimum absolute atomic E-state index is 0.00638. The number of ether oxygens (including phenoxy) is 3. The number of halogens is 2. The number of rotatable bonds is 6. The van der Waals surface area contributed by atoms with Gasteiger partial charge in [0.1, 0.15) is 18.8 Å². The van der Waals surface area contributed by atoms with E-state index in [-0.39, 0.29) is 23.7 Å². The molecule has 3 aliphatic rings. The first-order valence-electron chi connectivity index (χ1n) is 7.86. The summed E-state index contributed by atoms with van der Waals surface area (Å²) in [5.41, 5.74) is 0. The zero-order valence-corrected chi connectivity index (χ0v) is 14.3. The molecule has 2 aliphatic carbocycles. The van der Waals surface area contributed by atoms with E-state index >= 15 is 0 Å². The van der Waals surface area contributed by atoms with Crippen molar-refractivity contribution in [3.63, 3.8) is 0 Å². The van der Waals surface area contributed by atoms with Gasteiger partial charge in [-0.25, -0.2) is 4.79 Å². The molecule has 0 spiro atoms. The molecule has 1 aliphatic heterocycles. The number of carbonyl (C=O) groups is 3. The van der Waals surface area contributed by atoms with E-state index in [9.17, 15) is 31.6 Å². The number of fused-ring (bicyclic) bond motifs is 1. The number of alkyl halides is 2. The Morgan fingerprint density at radius 3 is 2.65 bits per heavy atom. The van der Waals surface area contributed by atoms with Gasteiger partial charge in [-0.2, -0.15) is 17.2 Å². The maximum atomic E-state index is 13.1. The van der Waals surface area contributed by atoms with Crippen LogP contribution in [0.3, 0.4) is 0 Å². The summed E-state index contributed by atoms with van der Waals surface area (Å²) in [6, 6.07) is 0. The third-order valence-corrected chi connectivity index (χ3v) is 5.91. The van der Waals surface area contributed by atoms with Gasteiger partial charge in [-0.15, -0.1) is 0 Å². The molecule has 6 atom stereocenters. The van der Waals surface area contributed by atoms with E-state index in [0.717, 1.165) is 0 Å². The predicted octanol–water partition coefficient (Wildman–Crippen LogP) is 0.139. The molecule has 0 aromatic rings. The van der Waals surface area contributed by atoms with Crippen LogP contribution >= 0.6 is 0 Å². The highest BCUT2D eigenvalue weighted by Gasteiger charge is 2.63. The summed E-state index contributed by atoms with van der Waals surface area (Å²) in [4.78, 5) is 34.8. The Kier molecular flexibility index (Phi) is 4.46. The van der Waals surface area contributed by atoms with Crippen molar-refractivity contribution < 1.29 is 50.3 Å². The van der Waals surface area contributed by atoms with Gasteiger partial charge in [-0.05, 0) is 19.8 Å². The monoisotopic (exact) mass is 398 g/mol. The topological polar surface area (TPSA) is 133 Å². The molecule has 1 saturated heterocycles. The SMILES string of the molecule is CC(COC(=O)C(F)(F)S(=O)(=O)O)C(=O)OC1C2CC3C(=O)OC1C3C2. The van der Waals surface area contributed by atoms with E-state index in [2.05, 4.69) is 4.74 Å². The Labute approximate surface area is 146 Å². The van der Waals surface area contributed by atoms with Crippen LogP contribution in [0.4, 0.5) is 8.78 Å². The Hall–Kier alpha value is -1.82. The van der Waals surface area contributed by atoms with E-state index in [1.54, 1.807) is 0 Å². The number of esters is 3. The summed E-state index contributed by atoms with van der Waals surface area (Å²) < 4.78 is 70.0.